The van der Waals surface area contributed by atoms with Gasteiger partial charge in [-0.2, -0.15) is 0 Å². The van der Waals surface area contributed by atoms with Gasteiger partial charge in [-0.3, -0.25) is 4.79 Å². The van der Waals surface area contributed by atoms with Crippen LogP contribution in [0.5, 0.6) is 0 Å². The van der Waals surface area contributed by atoms with Crippen LogP contribution >= 0.6 is 12.4 Å². The molecule has 0 bridgehead atoms. The highest BCUT2D eigenvalue weighted by Crippen LogP contribution is 2.33. The van der Waals surface area contributed by atoms with Crippen LogP contribution in [0, 0.1) is 6.92 Å². The number of benzene rings is 2. The van der Waals surface area contributed by atoms with Gasteiger partial charge >= 0.3 is 0 Å². The van der Waals surface area contributed by atoms with Crippen LogP contribution in [-0.2, 0) is 16.6 Å². The molecule has 0 unspecified atom stereocenters. The molecule has 2 N–H and O–H groups in total. The molecule has 1 amide bonds. The first kappa shape index (κ1) is 27.5. The van der Waals surface area contributed by atoms with E-state index in [9.17, 15) is 17.6 Å². The fourth-order valence-electron chi connectivity index (χ4n) is 3.52. The molecular formula is C23H29ClFN5O3S. The molecular weight excluding hydrogens is 481 g/mol. The maximum absolute atomic E-state index is 14.3. The van der Waals surface area contributed by atoms with Crippen molar-refractivity contribution in [3.63, 3.8) is 0 Å². The zero-order valence-electron chi connectivity index (χ0n) is 19.7. The van der Waals surface area contributed by atoms with Crippen molar-refractivity contribution in [3.8, 4) is 11.1 Å². The van der Waals surface area contributed by atoms with Gasteiger partial charge in [-0.05, 0) is 42.8 Å². The molecule has 0 saturated heterocycles. The molecule has 0 aliphatic heterocycles. The van der Waals surface area contributed by atoms with Gasteiger partial charge in [-0.15, -0.1) is 12.4 Å². The minimum atomic E-state index is -3.66. The number of fused-ring (bicyclic) bond motifs is 1. The fourth-order valence-corrected chi connectivity index (χ4v) is 4.47. The highest BCUT2D eigenvalue weighted by Gasteiger charge is 2.21. The van der Waals surface area contributed by atoms with Crippen LogP contribution in [0.2, 0.25) is 0 Å². The molecule has 0 aliphatic rings. The van der Waals surface area contributed by atoms with Crippen LogP contribution in [0.4, 0.5) is 4.39 Å². The second-order valence-corrected chi connectivity index (χ2v) is 10.2. The number of halogens is 2. The first-order valence-corrected chi connectivity index (χ1v) is 11.7. The number of hydrogen-bond acceptors (Lipinski definition) is 5. The Balaban J connectivity index is 0.00000408. The molecule has 184 valence electrons. The number of carbonyl (C=O) groups is 1. The van der Waals surface area contributed by atoms with E-state index in [2.05, 4.69) is 4.98 Å². The molecule has 2 aromatic carbocycles. The Labute approximate surface area is 205 Å². The lowest BCUT2D eigenvalue weighted by Gasteiger charge is -2.15. The smallest absolute Gasteiger partial charge is 0.253 e. The number of nitrogens with two attached hydrogens (primary N) is 1. The van der Waals surface area contributed by atoms with E-state index in [-0.39, 0.29) is 36.3 Å². The van der Waals surface area contributed by atoms with Crippen LogP contribution in [-0.4, -0.2) is 67.8 Å². The minimum Gasteiger partial charge on any atom is -0.345 e. The zero-order valence-corrected chi connectivity index (χ0v) is 21.4. The van der Waals surface area contributed by atoms with Crippen LogP contribution < -0.4 is 5.73 Å². The van der Waals surface area contributed by atoms with E-state index in [0.717, 1.165) is 4.31 Å². The van der Waals surface area contributed by atoms with E-state index in [1.54, 1.807) is 55.9 Å². The van der Waals surface area contributed by atoms with Gasteiger partial charge in [0, 0.05) is 45.9 Å². The summed E-state index contributed by atoms with van der Waals surface area (Å²) >= 11 is 0. The number of aromatic nitrogens is 2. The maximum atomic E-state index is 14.3. The molecule has 1 heterocycles. The summed E-state index contributed by atoms with van der Waals surface area (Å²) in [4.78, 5) is 19.0. The lowest BCUT2D eigenvalue weighted by atomic mass is 10.0. The highest BCUT2D eigenvalue weighted by molar-refractivity contribution is 7.89. The molecule has 0 radical (unpaired) electrons. The Morgan fingerprint density at radius 3 is 2.44 bits per heavy atom. The van der Waals surface area contributed by atoms with Crippen molar-refractivity contribution in [2.75, 3.05) is 34.7 Å². The van der Waals surface area contributed by atoms with Crippen LogP contribution in [0.15, 0.2) is 53.2 Å². The predicted molar refractivity (Wildman–Crippen MR) is 134 cm³/mol. The Bertz CT molecular complexity index is 1350. The number of carbonyl (C=O) groups excluding carboxylic acids is 1. The quantitative estimate of drug-likeness (QED) is 0.527. The van der Waals surface area contributed by atoms with Crippen molar-refractivity contribution in [1.82, 2.24) is 18.8 Å². The molecule has 1 aromatic heterocycles. The van der Waals surface area contributed by atoms with Gasteiger partial charge in [0.2, 0.25) is 10.0 Å². The molecule has 0 saturated carbocycles. The number of sulfonamides is 1. The monoisotopic (exact) mass is 509 g/mol. The summed E-state index contributed by atoms with van der Waals surface area (Å²) < 4.78 is 42.5. The standard InChI is InChI=1S/C23H28FN5O3S.ClH/c1-15-26-22-20(16-7-6-8-19(11-16)33(31,32)28(4)5)12-17(23(30)27(2)3)13-21(22)29(15)14-18(24)9-10-25;/h6-9,11-13H,10,14,25H2,1-5H3;1H/b18-9-;. The summed E-state index contributed by atoms with van der Waals surface area (Å²) in [6.45, 7) is 1.74. The van der Waals surface area contributed by atoms with Crippen LogP contribution in [0.1, 0.15) is 16.2 Å². The summed E-state index contributed by atoms with van der Waals surface area (Å²) in [5, 5.41) is 0. The minimum absolute atomic E-state index is 0. The molecule has 8 nitrogen and oxygen atoms in total. The van der Waals surface area contributed by atoms with Gasteiger partial charge in [0.15, 0.2) is 0 Å². The third-order valence-electron chi connectivity index (χ3n) is 5.27. The summed E-state index contributed by atoms with van der Waals surface area (Å²) in [7, 11) is 2.55. The van der Waals surface area contributed by atoms with Gasteiger partial charge in [-0.25, -0.2) is 22.1 Å². The van der Waals surface area contributed by atoms with E-state index in [1.807, 2.05) is 0 Å². The van der Waals surface area contributed by atoms with E-state index in [1.165, 1.54) is 31.1 Å². The lowest BCUT2D eigenvalue weighted by molar-refractivity contribution is 0.0827. The molecule has 34 heavy (non-hydrogen) atoms. The Hall–Kier alpha value is -2.79. The van der Waals surface area contributed by atoms with Crippen molar-refractivity contribution in [2.24, 2.45) is 5.73 Å². The number of amides is 1. The summed E-state index contributed by atoms with van der Waals surface area (Å²) in [5.41, 5.74) is 8.09. The first-order valence-electron chi connectivity index (χ1n) is 10.3. The van der Waals surface area contributed by atoms with Gasteiger partial charge in [0.1, 0.15) is 11.7 Å². The molecule has 0 aliphatic carbocycles. The number of allylic oxidation sites excluding steroid dienone is 1. The van der Waals surface area contributed by atoms with Crippen molar-refractivity contribution >= 4 is 39.4 Å². The van der Waals surface area contributed by atoms with Crippen LogP contribution in [0.25, 0.3) is 22.2 Å². The summed E-state index contributed by atoms with van der Waals surface area (Å²) in [6, 6.07) is 9.84. The largest absolute Gasteiger partial charge is 0.345 e. The SMILES string of the molecule is Cc1nc2c(-c3cccc(S(=O)(=O)N(C)C)c3)cc(C(=O)N(C)C)cc2n1C/C(F)=C/CN.Cl. The van der Waals surface area contributed by atoms with E-state index in [4.69, 9.17) is 5.73 Å². The van der Waals surface area contributed by atoms with Crippen molar-refractivity contribution in [3.05, 3.63) is 59.7 Å². The lowest BCUT2D eigenvalue weighted by Crippen LogP contribution is -2.22. The zero-order chi connectivity index (χ0) is 24.5. The van der Waals surface area contributed by atoms with Gasteiger partial charge in [0.25, 0.3) is 5.91 Å². The van der Waals surface area contributed by atoms with Crippen molar-refractivity contribution < 1.29 is 17.6 Å². The molecule has 3 aromatic rings. The Morgan fingerprint density at radius 1 is 1.18 bits per heavy atom. The van der Waals surface area contributed by atoms with Crippen LogP contribution in [0.3, 0.4) is 0 Å². The van der Waals surface area contributed by atoms with E-state index in [0.29, 0.717) is 33.5 Å². The molecule has 3 rings (SSSR count). The summed E-state index contributed by atoms with van der Waals surface area (Å²) in [5.74, 6) is -0.0956. The van der Waals surface area contributed by atoms with Gasteiger partial charge in [-0.1, -0.05) is 12.1 Å². The number of imidazole rings is 1. The Morgan fingerprint density at radius 2 is 1.85 bits per heavy atom. The predicted octanol–water partition coefficient (Wildman–Crippen LogP) is 3.20. The summed E-state index contributed by atoms with van der Waals surface area (Å²) in [6.07, 6.45) is 1.29. The molecule has 0 atom stereocenters. The molecule has 0 spiro atoms. The average molecular weight is 510 g/mol. The number of aryl methyl sites for hydroxylation is 1. The second-order valence-electron chi connectivity index (χ2n) is 8.04. The van der Waals surface area contributed by atoms with Gasteiger partial charge < -0.3 is 15.2 Å². The van der Waals surface area contributed by atoms with E-state index < -0.39 is 15.9 Å². The molecule has 0 fully saturated rings. The van der Waals surface area contributed by atoms with Crippen molar-refractivity contribution in [2.45, 2.75) is 18.4 Å². The Kier molecular flexibility index (Phi) is 8.59. The van der Waals surface area contributed by atoms with E-state index >= 15 is 0 Å². The topological polar surface area (TPSA) is 102 Å². The number of rotatable bonds is 7. The number of nitrogens with zero attached hydrogens (tertiary/aromatic N) is 4. The number of hydrogen-bond donors (Lipinski definition) is 1. The maximum Gasteiger partial charge on any atom is 0.253 e. The van der Waals surface area contributed by atoms with Crippen molar-refractivity contribution in [1.29, 1.82) is 0 Å². The normalized spacial score (nSPS) is 12.2. The first-order chi connectivity index (χ1) is 15.5. The molecule has 11 heteroatoms. The highest BCUT2D eigenvalue weighted by atomic mass is 35.5. The average Bonchev–Trinajstić information content (AvgIpc) is 3.07. The van der Waals surface area contributed by atoms with Gasteiger partial charge in [0.05, 0.1) is 22.5 Å². The second kappa shape index (κ2) is 10.6. The third-order valence-corrected chi connectivity index (χ3v) is 7.08. The third kappa shape index (κ3) is 5.30. The fraction of sp³-hybridized carbons (Fsp3) is 0.304.